The normalized spacial score (nSPS) is 11.8. The van der Waals surface area contributed by atoms with E-state index in [0.29, 0.717) is 0 Å². The quantitative estimate of drug-likeness (QED) is 0.192. The number of para-hydroxylation sites is 1. The van der Waals surface area contributed by atoms with Crippen LogP contribution in [0.3, 0.4) is 0 Å². The number of hydrogen-bond acceptors (Lipinski definition) is 4. The maximum atomic E-state index is 11.6. The summed E-state index contributed by atoms with van der Waals surface area (Å²) in [5, 5.41) is 23.8. The minimum atomic E-state index is -0.419. The van der Waals surface area contributed by atoms with Gasteiger partial charge in [0.25, 0.3) is 0 Å². The largest absolute Gasteiger partial charge is 0.353 e. The Labute approximate surface area is 172 Å². The van der Waals surface area contributed by atoms with Gasteiger partial charge < -0.3 is 4.98 Å². The molecule has 0 fully saturated rings. The van der Waals surface area contributed by atoms with E-state index in [1.807, 2.05) is 78.9 Å². The van der Waals surface area contributed by atoms with Gasteiger partial charge in [0, 0.05) is 15.2 Å². The second kappa shape index (κ2) is 8.21. The number of aromatic amines is 1. The molecule has 0 saturated heterocycles. The molecule has 0 aliphatic carbocycles. The Balaban J connectivity index is 2.03. The summed E-state index contributed by atoms with van der Waals surface area (Å²) in [5.74, 6) is -0.419. The van der Waals surface area contributed by atoms with Crippen LogP contribution in [0.2, 0.25) is 0 Å². The van der Waals surface area contributed by atoms with Gasteiger partial charge in [-0.1, -0.05) is 72.8 Å². The molecule has 29 heavy (non-hydrogen) atoms. The fourth-order valence-electron chi connectivity index (χ4n) is 3.74. The topological polar surface area (TPSA) is 82.7 Å². The molecule has 4 rings (SSSR count). The minimum absolute atomic E-state index is 0.216. The summed E-state index contributed by atoms with van der Waals surface area (Å²) in [5.41, 5.74) is 4.41. The molecule has 1 aromatic heterocycles. The van der Waals surface area contributed by atoms with E-state index in [0.717, 1.165) is 49.9 Å². The van der Waals surface area contributed by atoms with Crippen molar-refractivity contribution in [2.45, 2.75) is 10.8 Å². The number of benzene rings is 3. The van der Waals surface area contributed by atoms with Crippen molar-refractivity contribution >= 4 is 22.7 Å². The van der Waals surface area contributed by atoms with E-state index in [1.165, 1.54) is 0 Å². The molecule has 0 aliphatic heterocycles. The summed E-state index contributed by atoms with van der Waals surface area (Å²) in [7, 11) is 0. The van der Waals surface area contributed by atoms with Crippen LogP contribution in [-0.4, -0.2) is 16.5 Å². The van der Waals surface area contributed by atoms with Crippen LogP contribution in [-0.2, 0) is 0 Å². The van der Waals surface area contributed by atoms with Crippen molar-refractivity contribution in [3.8, 4) is 16.7 Å². The van der Waals surface area contributed by atoms with E-state index >= 15 is 0 Å². The standard InChI is InChI=1S/C23H17N3O2S/c24-15-29-20-13-7-12-18-21(19(14-26(27)28)16-8-3-1-4-9-16)22(25-23(18)20)17-10-5-2-6-11-17/h1-13,19,25H,14H2. The average Bonchev–Trinajstić information content (AvgIpc) is 3.14. The molecule has 0 radical (unpaired) electrons. The number of hydrogen-bond donors (Lipinski definition) is 1. The number of nitrogens with zero attached hydrogens (tertiary/aromatic N) is 2. The first-order valence-corrected chi connectivity index (χ1v) is 9.93. The van der Waals surface area contributed by atoms with Gasteiger partial charge >= 0.3 is 0 Å². The number of nitriles is 1. The lowest BCUT2D eigenvalue weighted by atomic mass is 9.87. The van der Waals surface area contributed by atoms with Crippen molar-refractivity contribution in [1.29, 1.82) is 5.26 Å². The molecule has 1 N–H and O–H groups in total. The van der Waals surface area contributed by atoms with Crippen LogP contribution in [0.25, 0.3) is 22.2 Å². The van der Waals surface area contributed by atoms with Gasteiger partial charge in [0.05, 0.1) is 17.1 Å². The number of aromatic nitrogens is 1. The molecule has 0 spiro atoms. The second-order valence-corrected chi connectivity index (χ2v) is 7.46. The highest BCUT2D eigenvalue weighted by atomic mass is 32.2. The van der Waals surface area contributed by atoms with Gasteiger partial charge in [-0.2, -0.15) is 5.26 Å². The predicted molar refractivity (Wildman–Crippen MR) is 115 cm³/mol. The zero-order valence-electron chi connectivity index (χ0n) is 15.4. The van der Waals surface area contributed by atoms with Crippen molar-refractivity contribution < 1.29 is 4.92 Å². The van der Waals surface area contributed by atoms with E-state index < -0.39 is 5.92 Å². The maximum Gasteiger partial charge on any atom is 0.214 e. The van der Waals surface area contributed by atoms with E-state index in [4.69, 9.17) is 0 Å². The first-order valence-electron chi connectivity index (χ1n) is 9.11. The van der Waals surface area contributed by atoms with Crippen LogP contribution < -0.4 is 0 Å². The zero-order valence-corrected chi connectivity index (χ0v) is 16.2. The van der Waals surface area contributed by atoms with Crippen LogP contribution in [0, 0.1) is 20.8 Å². The lowest BCUT2D eigenvalue weighted by molar-refractivity contribution is -0.481. The Morgan fingerprint density at radius 3 is 2.34 bits per heavy atom. The van der Waals surface area contributed by atoms with Gasteiger partial charge in [-0.25, -0.2) is 0 Å². The van der Waals surface area contributed by atoms with Gasteiger partial charge in [0.1, 0.15) is 5.40 Å². The monoisotopic (exact) mass is 399 g/mol. The van der Waals surface area contributed by atoms with Gasteiger partial charge in [-0.05, 0) is 34.5 Å². The summed E-state index contributed by atoms with van der Waals surface area (Å²) in [6.07, 6.45) is 0. The molecular formula is C23H17N3O2S. The average molecular weight is 399 g/mol. The second-order valence-electron chi connectivity index (χ2n) is 6.63. The molecule has 1 unspecified atom stereocenters. The third-order valence-corrected chi connectivity index (χ3v) is 5.59. The van der Waals surface area contributed by atoms with Crippen molar-refractivity contribution in [3.05, 3.63) is 100 Å². The SMILES string of the molecule is N#CSc1cccc2c(C(C[N+](=O)[O-])c3ccccc3)c(-c3ccccc3)[nH]c12. The van der Waals surface area contributed by atoms with Gasteiger partial charge in [0.2, 0.25) is 6.54 Å². The van der Waals surface area contributed by atoms with E-state index in [-0.39, 0.29) is 11.5 Å². The van der Waals surface area contributed by atoms with Crippen molar-refractivity contribution in [3.63, 3.8) is 0 Å². The summed E-state index contributed by atoms with van der Waals surface area (Å²) in [6.45, 7) is -0.216. The highest BCUT2D eigenvalue weighted by Gasteiger charge is 2.28. The molecule has 142 valence electrons. The van der Waals surface area contributed by atoms with Gasteiger partial charge in [-0.15, -0.1) is 0 Å². The first kappa shape index (κ1) is 18.8. The zero-order chi connectivity index (χ0) is 20.2. The molecule has 1 heterocycles. The Hall–Kier alpha value is -3.56. The minimum Gasteiger partial charge on any atom is -0.353 e. The van der Waals surface area contributed by atoms with Crippen molar-refractivity contribution in [2.24, 2.45) is 0 Å². The maximum absolute atomic E-state index is 11.6. The smallest absolute Gasteiger partial charge is 0.214 e. The highest BCUT2D eigenvalue weighted by molar-refractivity contribution is 8.04. The number of thioether (sulfide) groups is 1. The Morgan fingerprint density at radius 1 is 1.00 bits per heavy atom. The lowest BCUT2D eigenvalue weighted by Crippen LogP contribution is -2.14. The molecule has 0 bridgehead atoms. The lowest BCUT2D eigenvalue weighted by Gasteiger charge is -2.16. The molecule has 4 aromatic rings. The molecule has 3 aromatic carbocycles. The number of fused-ring (bicyclic) bond motifs is 1. The summed E-state index contributed by atoms with van der Waals surface area (Å²) < 4.78 is 0. The number of nitrogens with one attached hydrogen (secondary N) is 1. The summed E-state index contributed by atoms with van der Waals surface area (Å²) in [4.78, 5) is 15.6. The van der Waals surface area contributed by atoms with E-state index in [2.05, 4.69) is 10.4 Å². The Kier molecular flexibility index (Phi) is 5.32. The number of H-pyrrole nitrogens is 1. The molecule has 5 nitrogen and oxygen atoms in total. The first-order chi connectivity index (χ1) is 14.2. The molecule has 6 heteroatoms. The van der Waals surface area contributed by atoms with Crippen LogP contribution in [0.1, 0.15) is 17.0 Å². The molecule has 0 aliphatic rings. The third-order valence-electron chi connectivity index (χ3n) is 4.94. The number of rotatable bonds is 6. The fraction of sp³-hybridized carbons (Fsp3) is 0.0870. The van der Waals surface area contributed by atoms with Crippen LogP contribution >= 0.6 is 11.8 Å². The predicted octanol–water partition coefficient (Wildman–Crippen LogP) is 5.82. The van der Waals surface area contributed by atoms with E-state index in [9.17, 15) is 15.4 Å². The summed E-state index contributed by atoms with van der Waals surface area (Å²) in [6, 6.07) is 25.1. The van der Waals surface area contributed by atoms with Crippen LogP contribution in [0.4, 0.5) is 0 Å². The fourth-order valence-corrected chi connectivity index (χ4v) is 4.25. The molecule has 1 atom stereocenters. The highest BCUT2D eigenvalue weighted by Crippen LogP contribution is 2.41. The summed E-state index contributed by atoms with van der Waals surface area (Å²) >= 11 is 1.08. The van der Waals surface area contributed by atoms with Crippen LogP contribution in [0.5, 0.6) is 0 Å². The van der Waals surface area contributed by atoms with Gasteiger partial charge in [-0.3, -0.25) is 10.1 Å². The van der Waals surface area contributed by atoms with Crippen LogP contribution in [0.15, 0.2) is 83.8 Å². The molecule has 0 amide bonds. The third kappa shape index (κ3) is 3.73. The molecule has 0 saturated carbocycles. The Bertz CT molecular complexity index is 1200. The van der Waals surface area contributed by atoms with E-state index in [1.54, 1.807) is 0 Å². The van der Waals surface area contributed by atoms with Crippen molar-refractivity contribution in [2.75, 3.05) is 6.54 Å². The molecular weight excluding hydrogens is 382 g/mol. The van der Waals surface area contributed by atoms with Crippen molar-refractivity contribution in [1.82, 2.24) is 4.98 Å². The van der Waals surface area contributed by atoms with Gasteiger partial charge in [0.15, 0.2) is 0 Å². The number of nitro groups is 1. The Morgan fingerprint density at radius 2 is 1.69 bits per heavy atom. The number of thiocyanates is 1.